The first-order valence-corrected chi connectivity index (χ1v) is 8.92. The van der Waals surface area contributed by atoms with Crippen LogP contribution in [0.4, 0.5) is 5.69 Å². The third kappa shape index (κ3) is 3.43. The van der Waals surface area contributed by atoms with E-state index in [1.807, 2.05) is 36.2 Å². The van der Waals surface area contributed by atoms with Gasteiger partial charge in [0, 0.05) is 35.8 Å². The lowest BCUT2D eigenvalue weighted by Crippen LogP contribution is -2.49. The number of likely N-dealkylation sites (N-methyl/N-ethyl adjacent to an activating group) is 1. The van der Waals surface area contributed by atoms with Gasteiger partial charge in [-0.1, -0.05) is 22.0 Å². The Kier molecular flexibility index (Phi) is 5.02. The maximum atomic E-state index is 12.8. The predicted octanol–water partition coefficient (Wildman–Crippen LogP) is 2.01. The summed E-state index contributed by atoms with van der Waals surface area (Å²) >= 11 is 3.43. The maximum absolute atomic E-state index is 12.8. The lowest BCUT2D eigenvalue weighted by molar-refractivity contribution is -0.140. The molecule has 0 aliphatic carbocycles. The summed E-state index contributed by atoms with van der Waals surface area (Å²) in [6, 6.07) is 8.00. The highest BCUT2D eigenvalue weighted by molar-refractivity contribution is 9.10. The minimum atomic E-state index is -0.524. The number of likely N-dealkylation sites (tertiary alicyclic amines) is 1. The molecule has 5 nitrogen and oxygen atoms in total. The predicted molar refractivity (Wildman–Crippen MR) is 93.3 cm³/mol. The average molecular weight is 380 g/mol. The van der Waals surface area contributed by atoms with Crippen molar-refractivity contribution in [2.75, 3.05) is 31.6 Å². The smallest absolute Gasteiger partial charge is 0.239 e. The Bertz CT molecular complexity index is 607. The van der Waals surface area contributed by atoms with Gasteiger partial charge >= 0.3 is 0 Å². The first-order valence-electron chi connectivity index (χ1n) is 8.13. The molecular weight excluding hydrogens is 358 g/mol. The van der Waals surface area contributed by atoms with Gasteiger partial charge in [0.2, 0.25) is 11.8 Å². The van der Waals surface area contributed by atoms with Crippen LogP contribution in [0.1, 0.15) is 19.3 Å². The molecule has 1 aromatic rings. The summed E-state index contributed by atoms with van der Waals surface area (Å²) in [6.45, 7) is 2.07. The zero-order valence-corrected chi connectivity index (χ0v) is 14.9. The number of piperidine rings is 1. The highest BCUT2D eigenvalue weighted by Crippen LogP contribution is 2.29. The lowest BCUT2D eigenvalue weighted by Gasteiger charge is -2.33. The summed E-state index contributed by atoms with van der Waals surface area (Å²) in [5.74, 6) is -0.600. The molecule has 3 rings (SSSR count). The van der Waals surface area contributed by atoms with Gasteiger partial charge < -0.3 is 15.1 Å². The summed E-state index contributed by atoms with van der Waals surface area (Å²) < 4.78 is 0.936. The summed E-state index contributed by atoms with van der Waals surface area (Å²) in [4.78, 5) is 29.0. The normalized spacial score (nSPS) is 25.0. The second-order valence-corrected chi connectivity index (χ2v) is 7.14. The highest BCUT2D eigenvalue weighted by Gasteiger charge is 2.40. The van der Waals surface area contributed by atoms with Crippen molar-refractivity contribution in [3.63, 3.8) is 0 Å². The Morgan fingerprint density at radius 1 is 1.30 bits per heavy atom. The van der Waals surface area contributed by atoms with Crippen molar-refractivity contribution < 1.29 is 9.59 Å². The van der Waals surface area contributed by atoms with E-state index < -0.39 is 5.92 Å². The van der Waals surface area contributed by atoms with Gasteiger partial charge in [0.1, 0.15) is 5.92 Å². The second-order valence-electron chi connectivity index (χ2n) is 6.22. The fraction of sp³-hybridized carbons (Fsp3) is 0.529. The molecule has 2 heterocycles. The molecule has 0 radical (unpaired) electrons. The molecule has 2 atom stereocenters. The van der Waals surface area contributed by atoms with E-state index in [0.29, 0.717) is 25.6 Å². The minimum Gasteiger partial charge on any atom is -0.340 e. The summed E-state index contributed by atoms with van der Waals surface area (Å²) in [5, 5.41) is 3.24. The molecule has 2 fully saturated rings. The Balaban J connectivity index is 1.70. The number of hydrogen-bond donors (Lipinski definition) is 1. The minimum absolute atomic E-state index is 0.00699. The monoisotopic (exact) mass is 379 g/mol. The largest absolute Gasteiger partial charge is 0.340 e. The third-order valence-corrected chi connectivity index (χ3v) is 5.26. The number of rotatable bonds is 3. The molecule has 2 aliphatic rings. The van der Waals surface area contributed by atoms with Crippen molar-refractivity contribution in [3.05, 3.63) is 28.7 Å². The van der Waals surface area contributed by atoms with Crippen LogP contribution in [0.3, 0.4) is 0 Å². The van der Waals surface area contributed by atoms with Crippen LogP contribution in [0.2, 0.25) is 0 Å². The van der Waals surface area contributed by atoms with Gasteiger partial charge in [-0.25, -0.2) is 0 Å². The topological polar surface area (TPSA) is 52.7 Å². The first-order chi connectivity index (χ1) is 11.1. The lowest BCUT2D eigenvalue weighted by atomic mass is 10.0. The average Bonchev–Trinajstić information content (AvgIpc) is 2.96. The molecule has 0 aromatic heterocycles. The molecule has 23 heavy (non-hydrogen) atoms. The van der Waals surface area contributed by atoms with Crippen LogP contribution in [-0.4, -0.2) is 49.4 Å². The van der Waals surface area contributed by atoms with Crippen LogP contribution >= 0.6 is 15.9 Å². The molecule has 0 spiro atoms. The Labute approximate surface area is 145 Å². The van der Waals surface area contributed by atoms with E-state index in [-0.39, 0.29) is 11.8 Å². The first kappa shape index (κ1) is 16.5. The summed E-state index contributed by atoms with van der Waals surface area (Å²) in [5.41, 5.74) is 0.853. The number of anilines is 1. The quantitative estimate of drug-likeness (QED) is 0.817. The number of carbonyl (C=O) groups excluding carboxylic acids is 2. The van der Waals surface area contributed by atoms with Crippen LogP contribution in [-0.2, 0) is 9.59 Å². The molecule has 2 aliphatic heterocycles. The molecule has 2 unspecified atom stereocenters. The molecule has 2 saturated heterocycles. The number of carbonyl (C=O) groups is 2. The van der Waals surface area contributed by atoms with E-state index in [1.165, 1.54) is 0 Å². The number of nitrogens with one attached hydrogen (secondary N) is 1. The number of nitrogens with zero attached hydrogens (tertiary/aromatic N) is 2. The third-order valence-electron chi connectivity index (χ3n) is 4.76. The van der Waals surface area contributed by atoms with Gasteiger partial charge in [0.15, 0.2) is 0 Å². The van der Waals surface area contributed by atoms with Crippen molar-refractivity contribution in [2.45, 2.75) is 25.3 Å². The van der Waals surface area contributed by atoms with E-state index in [0.717, 1.165) is 29.5 Å². The standard InChI is InChI=1S/C17H22BrN3O2/c1-19-13-5-3-8-20(11-13)16(22)15-7-9-21(17(15)23)14-6-2-4-12(18)10-14/h2,4,6,10,13,15,19H,3,5,7-9,11H2,1H3. The number of halogens is 1. The number of hydrogen-bond acceptors (Lipinski definition) is 3. The van der Waals surface area contributed by atoms with Gasteiger partial charge in [-0.15, -0.1) is 0 Å². The Morgan fingerprint density at radius 2 is 2.13 bits per heavy atom. The van der Waals surface area contributed by atoms with Gasteiger partial charge in [-0.2, -0.15) is 0 Å². The van der Waals surface area contributed by atoms with Crippen LogP contribution < -0.4 is 10.2 Å². The van der Waals surface area contributed by atoms with Gasteiger partial charge in [0.05, 0.1) is 0 Å². The molecule has 1 aromatic carbocycles. The van der Waals surface area contributed by atoms with Crippen molar-refractivity contribution >= 4 is 33.4 Å². The van der Waals surface area contributed by atoms with Crippen molar-refractivity contribution in [1.29, 1.82) is 0 Å². The fourth-order valence-corrected chi connectivity index (χ4v) is 3.83. The van der Waals surface area contributed by atoms with E-state index >= 15 is 0 Å². The van der Waals surface area contributed by atoms with Gasteiger partial charge in [0.25, 0.3) is 0 Å². The molecule has 2 amide bonds. The molecule has 0 bridgehead atoms. The van der Waals surface area contributed by atoms with Crippen molar-refractivity contribution in [1.82, 2.24) is 10.2 Å². The summed E-state index contributed by atoms with van der Waals surface area (Å²) in [6.07, 6.45) is 2.68. The van der Waals surface area contributed by atoms with Crippen LogP contribution in [0.25, 0.3) is 0 Å². The fourth-order valence-electron chi connectivity index (χ4n) is 3.44. The van der Waals surface area contributed by atoms with E-state index in [2.05, 4.69) is 21.2 Å². The molecule has 1 N–H and O–H groups in total. The molecule has 0 saturated carbocycles. The van der Waals surface area contributed by atoms with Crippen molar-refractivity contribution in [2.24, 2.45) is 5.92 Å². The van der Waals surface area contributed by atoms with Crippen LogP contribution in [0.15, 0.2) is 28.7 Å². The molecule has 124 valence electrons. The summed E-state index contributed by atoms with van der Waals surface area (Å²) in [7, 11) is 1.92. The van der Waals surface area contributed by atoms with E-state index in [1.54, 1.807) is 4.90 Å². The van der Waals surface area contributed by atoms with Crippen LogP contribution in [0.5, 0.6) is 0 Å². The zero-order chi connectivity index (χ0) is 16.4. The molecule has 6 heteroatoms. The van der Waals surface area contributed by atoms with E-state index in [9.17, 15) is 9.59 Å². The molecular formula is C17H22BrN3O2. The van der Waals surface area contributed by atoms with E-state index in [4.69, 9.17) is 0 Å². The zero-order valence-electron chi connectivity index (χ0n) is 13.3. The second kappa shape index (κ2) is 7.01. The Hall–Kier alpha value is -1.40. The van der Waals surface area contributed by atoms with Crippen LogP contribution in [0, 0.1) is 5.92 Å². The maximum Gasteiger partial charge on any atom is 0.239 e. The van der Waals surface area contributed by atoms with Gasteiger partial charge in [-0.3, -0.25) is 9.59 Å². The number of benzene rings is 1. The SMILES string of the molecule is CNC1CCCN(C(=O)C2CCN(c3cccc(Br)c3)C2=O)C1. The highest BCUT2D eigenvalue weighted by atomic mass is 79.9. The number of amides is 2. The van der Waals surface area contributed by atoms with Crippen molar-refractivity contribution in [3.8, 4) is 0 Å². The Morgan fingerprint density at radius 3 is 2.87 bits per heavy atom. The van der Waals surface area contributed by atoms with Gasteiger partial charge in [-0.05, 0) is 44.5 Å².